The van der Waals surface area contributed by atoms with Crippen molar-refractivity contribution in [2.45, 2.75) is 0 Å². The molecular formula is C15H10N4O3. The molecule has 0 saturated carbocycles. The first-order valence-corrected chi connectivity index (χ1v) is 6.37. The van der Waals surface area contributed by atoms with Crippen LogP contribution in [0.2, 0.25) is 0 Å². The number of benzene rings is 1. The Balaban J connectivity index is 2.00. The van der Waals surface area contributed by atoms with Crippen LogP contribution in [0.15, 0.2) is 48.7 Å². The first kappa shape index (κ1) is 13.6. The van der Waals surface area contributed by atoms with E-state index in [4.69, 9.17) is 5.11 Å². The number of anilines is 1. The number of hydrogen-bond acceptors (Lipinski definition) is 5. The Morgan fingerprint density at radius 3 is 2.50 bits per heavy atom. The highest BCUT2D eigenvalue weighted by Gasteiger charge is 2.12. The van der Waals surface area contributed by atoms with Gasteiger partial charge in [0.2, 0.25) is 0 Å². The van der Waals surface area contributed by atoms with E-state index >= 15 is 0 Å². The van der Waals surface area contributed by atoms with E-state index in [1.54, 1.807) is 12.3 Å². The maximum Gasteiger partial charge on any atom is 0.394 e. The van der Waals surface area contributed by atoms with Gasteiger partial charge in [0.25, 0.3) is 0 Å². The van der Waals surface area contributed by atoms with Crippen molar-refractivity contribution in [3.8, 4) is 11.3 Å². The summed E-state index contributed by atoms with van der Waals surface area (Å²) in [5.41, 5.74) is 2.40. The Morgan fingerprint density at radius 2 is 1.77 bits per heavy atom. The fraction of sp³-hybridized carbons (Fsp3) is 0. The van der Waals surface area contributed by atoms with Crippen molar-refractivity contribution < 1.29 is 14.7 Å². The normalized spacial score (nSPS) is 10.4. The number of amides is 1. The molecule has 22 heavy (non-hydrogen) atoms. The van der Waals surface area contributed by atoms with Gasteiger partial charge in [-0.1, -0.05) is 30.3 Å². The minimum atomic E-state index is -1.58. The fourth-order valence-corrected chi connectivity index (χ4v) is 1.89. The summed E-state index contributed by atoms with van der Waals surface area (Å²) in [6.07, 6.45) is 1.63. The summed E-state index contributed by atoms with van der Waals surface area (Å²) in [7, 11) is 0. The molecule has 0 atom stereocenters. The molecule has 7 nitrogen and oxygen atoms in total. The largest absolute Gasteiger partial charge is 0.474 e. The predicted molar refractivity (Wildman–Crippen MR) is 79.0 cm³/mol. The lowest BCUT2D eigenvalue weighted by Crippen LogP contribution is -2.22. The molecule has 0 aliphatic carbocycles. The highest BCUT2D eigenvalue weighted by molar-refractivity contribution is 6.36. The van der Waals surface area contributed by atoms with E-state index in [1.807, 2.05) is 30.3 Å². The van der Waals surface area contributed by atoms with Crippen molar-refractivity contribution >= 4 is 28.9 Å². The van der Waals surface area contributed by atoms with Crippen LogP contribution in [0, 0.1) is 0 Å². The number of aliphatic carboxylic acids is 1. The fourth-order valence-electron chi connectivity index (χ4n) is 1.89. The summed E-state index contributed by atoms with van der Waals surface area (Å²) < 4.78 is 0. The van der Waals surface area contributed by atoms with Gasteiger partial charge in [0, 0.05) is 5.56 Å². The molecule has 2 N–H and O–H groups in total. The third-order valence-corrected chi connectivity index (χ3v) is 2.91. The lowest BCUT2D eigenvalue weighted by molar-refractivity contribution is -0.147. The molecule has 0 radical (unpaired) electrons. The van der Waals surface area contributed by atoms with Gasteiger partial charge in [0.05, 0.1) is 11.9 Å². The van der Waals surface area contributed by atoms with Gasteiger partial charge in [-0.15, -0.1) is 0 Å². The minimum Gasteiger partial charge on any atom is -0.474 e. The Morgan fingerprint density at radius 1 is 1.00 bits per heavy atom. The number of hydrogen-bond donors (Lipinski definition) is 2. The maximum atomic E-state index is 11.2. The number of pyridine rings is 1. The van der Waals surface area contributed by atoms with Gasteiger partial charge in [0.15, 0.2) is 5.65 Å². The second-order valence-electron chi connectivity index (χ2n) is 4.42. The number of carbonyl (C=O) groups excluding carboxylic acids is 1. The van der Waals surface area contributed by atoms with Crippen molar-refractivity contribution in [3.63, 3.8) is 0 Å². The molecule has 1 aromatic carbocycles. The van der Waals surface area contributed by atoms with Crippen molar-refractivity contribution in [2.24, 2.45) is 0 Å². The summed E-state index contributed by atoms with van der Waals surface area (Å²) in [5.74, 6) is -2.62. The smallest absolute Gasteiger partial charge is 0.394 e. The van der Waals surface area contributed by atoms with E-state index in [-0.39, 0.29) is 5.82 Å². The Labute approximate surface area is 124 Å². The SMILES string of the molecule is O=C(O)C(=O)Nc1ccc2ncc(-c3ccccc3)nc2n1. The Kier molecular flexibility index (Phi) is 3.45. The number of nitrogens with zero attached hydrogens (tertiary/aromatic N) is 3. The third kappa shape index (κ3) is 2.73. The zero-order valence-corrected chi connectivity index (χ0v) is 11.2. The second kappa shape index (κ2) is 5.57. The van der Waals surface area contributed by atoms with Crippen LogP contribution in [0.3, 0.4) is 0 Å². The molecule has 0 spiro atoms. The summed E-state index contributed by atoms with van der Waals surface area (Å²) in [6, 6.07) is 12.5. The van der Waals surface area contributed by atoms with Crippen LogP contribution in [0.1, 0.15) is 0 Å². The molecule has 2 aromatic heterocycles. The minimum absolute atomic E-state index is 0.111. The Hall–Kier alpha value is -3.35. The molecule has 0 aliphatic rings. The Bertz CT molecular complexity index is 865. The van der Waals surface area contributed by atoms with Crippen molar-refractivity contribution in [3.05, 3.63) is 48.7 Å². The topological polar surface area (TPSA) is 105 Å². The zero-order valence-electron chi connectivity index (χ0n) is 11.2. The van der Waals surface area contributed by atoms with Gasteiger partial charge < -0.3 is 10.4 Å². The average molecular weight is 294 g/mol. The van der Waals surface area contributed by atoms with Crippen LogP contribution < -0.4 is 5.32 Å². The lowest BCUT2D eigenvalue weighted by atomic mass is 10.2. The molecule has 0 aliphatic heterocycles. The highest BCUT2D eigenvalue weighted by atomic mass is 16.4. The molecule has 0 saturated heterocycles. The van der Waals surface area contributed by atoms with Crippen molar-refractivity contribution in [1.82, 2.24) is 15.0 Å². The monoisotopic (exact) mass is 294 g/mol. The molecule has 3 aromatic rings. The highest BCUT2D eigenvalue weighted by Crippen LogP contribution is 2.18. The third-order valence-electron chi connectivity index (χ3n) is 2.91. The van der Waals surface area contributed by atoms with Gasteiger partial charge in [-0.05, 0) is 12.1 Å². The van der Waals surface area contributed by atoms with Crippen molar-refractivity contribution in [2.75, 3.05) is 5.32 Å². The summed E-state index contributed by atoms with van der Waals surface area (Å²) >= 11 is 0. The van der Waals surface area contributed by atoms with E-state index < -0.39 is 11.9 Å². The molecule has 0 unspecified atom stereocenters. The van der Waals surface area contributed by atoms with Crippen LogP contribution in [0.4, 0.5) is 5.82 Å². The number of nitrogens with one attached hydrogen (secondary N) is 1. The van der Waals surface area contributed by atoms with Gasteiger partial charge in [0.1, 0.15) is 11.3 Å². The summed E-state index contributed by atoms with van der Waals surface area (Å²) in [6.45, 7) is 0. The van der Waals surface area contributed by atoms with E-state index in [9.17, 15) is 9.59 Å². The van der Waals surface area contributed by atoms with E-state index in [0.29, 0.717) is 16.9 Å². The number of carboxylic acid groups (broad SMARTS) is 1. The van der Waals surface area contributed by atoms with Gasteiger partial charge >= 0.3 is 11.9 Å². The van der Waals surface area contributed by atoms with E-state index in [0.717, 1.165) is 5.56 Å². The van der Waals surface area contributed by atoms with Gasteiger partial charge in [-0.25, -0.2) is 14.8 Å². The van der Waals surface area contributed by atoms with Gasteiger partial charge in [-0.2, -0.15) is 0 Å². The molecule has 0 fully saturated rings. The lowest BCUT2D eigenvalue weighted by Gasteiger charge is -2.04. The maximum absolute atomic E-state index is 11.2. The van der Waals surface area contributed by atoms with Crippen LogP contribution in [-0.4, -0.2) is 31.9 Å². The number of carboxylic acids is 1. The number of rotatable bonds is 2. The molecule has 2 heterocycles. The molecule has 3 rings (SSSR count). The standard InChI is InChI=1S/C15H10N4O3/c20-14(15(21)22)19-12-7-6-10-13(18-12)17-11(8-16-10)9-4-2-1-3-5-9/h1-8H,(H,21,22)(H,17,18,19,20). The number of aromatic nitrogens is 3. The van der Waals surface area contributed by atoms with Crippen LogP contribution >= 0.6 is 0 Å². The summed E-state index contributed by atoms with van der Waals surface area (Å²) in [5, 5.41) is 10.8. The first-order chi connectivity index (χ1) is 10.6. The molecule has 1 amide bonds. The second-order valence-corrected chi connectivity index (χ2v) is 4.42. The molecule has 0 bridgehead atoms. The van der Waals surface area contributed by atoms with Gasteiger partial charge in [-0.3, -0.25) is 9.78 Å². The zero-order chi connectivity index (χ0) is 15.5. The van der Waals surface area contributed by atoms with Crippen LogP contribution in [-0.2, 0) is 9.59 Å². The van der Waals surface area contributed by atoms with Crippen LogP contribution in [0.5, 0.6) is 0 Å². The average Bonchev–Trinajstić information content (AvgIpc) is 2.55. The number of fused-ring (bicyclic) bond motifs is 1. The first-order valence-electron chi connectivity index (χ1n) is 6.37. The van der Waals surface area contributed by atoms with Crippen LogP contribution in [0.25, 0.3) is 22.4 Å². The predicted octanol–water partition coefficient (Wildman–Crippen LogP) is 1.71. The quantitative estimate of drug-likeness (QED) is 0.697. The number of carbonyl (C=O) groups is 2. The van der Waals surface area contributed by atoms with Crippen molar-refractivity contribution in [1.29, 1.82) is 0 Å². The van der Waals surface area contributed by atoms with E-state index in [2.05, 4.69) is 20.3 Å². The summed E-state index contributed by atoms with van der Waals surface area (Å²) in [4.78, 5) is 34.4. The molecular weight excluding hydrogens is 284 g/mol. The molecule has 7 heteroatoms. The van der Waals surface area contributed by atoms with E-state index in [1.165, 1.54) is 6.07 Å². The molecule has 108 valence electrons.